The van der Waals surface area contributed by atoms with E-state index < -0.39 is 17.5 Å². The third-order valence-corrected chi connectivity index (χ3v) is 4.03. The fourth-order valence-electron chi connectivity index (χ4n) is 3.23. The first-order chi connectivity index (χ1) is 9.62. The van der Waals surface area contributed by atoms with Crippen LogP contribution in [0.25, 0.3) is 0 Å². The Morgan fingerprint density at radius 1 is 1.45 bits per heavy atom. The molecule has 20 heavy (non-hydrogen) atoms. The van der Waals surface area contributed by atoms with E-state index in [4.69, 9.17) is 4.74 Å². The average molecular weight is 264 g/mol. The lowest BCUT2D eigenvalue weighted by Gasteiger charge is -2.31. The Bertz CT molecular complexity index is 708. The minimum atomic E-state index is -0.953. The Labute approximate surface area is 116 Å². The van der Waals surface area contributed by atoms with Crippen LogP contribution < -0.4 is 0 Å². The minimum absolute atomic E-state index is 0.345. The number of allylic oxidation sites excluding steroid dienone is 1. The number of nitriles is 2. The molecule has 0 fully saturated rings. The Morgan fingerprint density at radius 3 is 2.90 bits per heavy atom. The molecule has 0 saturated heterocycles. The molecule has 2 aliphatic carbocycles. The van der Waals surface area contributed by atoms with Crippen molar-refractivity contribution in [2.45, 2.75) is 30.8 Å². The summed E-state index contributed by atoms with van der Waals surface area (Å²) in [6, 6.07) is 10.2. The fourth-order valence-corrected chi connectivity index (χ4v) is 3.23. The summed E-state index contributed by atoms with van der Waals surface area (Å²) >= 11 is 0. The van der Waals surface area contributed by atoms with E-state index in [1.54, 1.807) is 12.2 Å². The van der Waals surface area contributed by atoms with Gasteiger partial charge in [-0.05, 0) is 16.7 Å². The van der Waals surface area contributed by atoms with E-state index in [1.165, 1.54) is 6.92 Å². The molecule has 4 heteroatoms. The van der Waals surface area contributed by atoms with E-state index in [1.807, 2.05) is 18.2 Å². The first kappa shape index (κ1) is 12.4. The molecule has 2 aliphatic rings. The van der Waals surface area contributed by atoms with Crippen molar-refractivity contribution >= 4 is 5.97 Å². The summed E-state index contributed by atoms with van der Waals surface area (Å²) in [5.74, 6) is -0.739. The van der Waals surface area contributed by atoms with Crippen LogP contribution in [0.15, 0.2) is 30.4 Å². The molecular formula is C16H12N2O2. The summed E-state index contributed by atoms with van der Waals surface area (Å²) in [5, 5.41) is 18.9. The van der Waals surface area contributed by atoms with Crippen LogP contribution in [-0.4, -0.2) is 12.1 Å². The molecule has 3 atom stereocenters. The first-order valence-corrected chi connectivity index (χ1v) is 6.42. The minimum Gasteiger partial charge on any atom is -0.460 e. The molecule has 0 aliphatic heterocycles. The van der Waals surface area contributed by atoms with Crippen molar-refractivity contribution in [2.75, 3.05) is 0 Å². The van der Waals surface area contributed by atoms with Gasteiger partial charge < -0.3 is 4.74 Å². The number of carbonyl (C=O) groups excluding carboxylic acids is 1. The summed E-state index contributed by atoms with van der Waals surface area (Å²) in [6.45, 7) is 1.35. The molecule has 3 rings (SSSR count). The number of benzene rings is 1. The number of rotatable bonds is 1. The number of ether oxygens (including phenoxy) is 1. The van der Waals surface area contributed by atoms with Crippen molar-refractivity contribution in [3.63, 3.8) is 0 Å². The quantitative estimate of drug-likeness (QED) is 0.575. The van der Waals surface area contributed by atoms with Gasteiger partial charge in [0.05, 0.1) is 18.1 Å². The Kier molecular flexibility index (Phi) is 2.62. The van der Waals surface area contributed by atoms with Crippen molar-refractivity contribution in [2.24, 2.45) is 0 Å². The lowest BCUT2D eigenvalue weighted by molar-refractivity contribution is -0.147. The topological polar surface area (TPSA) is 73.9 Å². The summed E-state index contributed by atoms with van der Waals surface area (Å²) in [6.07, 6.45) is 3.46. The van der Waals surface area contributed by atoms with Gasteiger partial charge in [0.1, 0.15) is 11.5 Å². The summed E-state index contributed by atoms with van der Waals surface area (Å²) in [5.41, 5.74) is 1.73. The van der Waals surface area contributed by atoms with Crippen molar-refractivity contribution < 1.29 is 9.53 Å². The molecular weight excluding hydrogens is 252 g/mol. The monoisotopic (exact) mass is 264 g/mol. The third kappa shape index (κ3) is 1.49. The van der Waals surface area contributed by atoms with Crippen molar-refractivity contribution in [1.82, 2.24) is 0 Å². The van der Waals surface area contributed by atoms with Gasteiger partial charge in [0, 0.05) is 13.3 Å². The Hall–Kier alpha value is -2.59. The summed E-state index contributed by atoms with van der Waals surface area (Å²) < 4.78 is 5.35. The van der Waals surface area contributed by atoms with Crippen molar-refractivity contribution in [1.29, 1.82) is 10.5 Å². The van der Waals surface area contributed by atoms with Crippen LogP contribution in [0.1, 0.15) is 29.5 Å². The van der Waals surface area contributed by atoms with Gasteiger partial charge in [-0.2, -0.15) is 10.5 Å². The van der Waals surface area contributed by atoms with Gasteiger partial charge in [0.25, 0.3) is 0 Å². The highest BCUT2D eigenvalue weighted by Gasteiger charge is 2.51. The molecule has 0 aromatic heterocycles. The molecule has 0 N–H and O–H groups in total. The van der Waals surface area contributed by atoms with Crippen LogP contribution in [0.2, 0.25) is 0 Å². The fraction of sp³-hybridized carbons (Fsp3) is 0.312. The van der Waals surface area contributed by atoms with Gasteiger partial charge in [-0.1, -0.05) is 30.4 Å². The van der Waals surface area contributed by atoms with Gasteiger partial charge in [0.2, 0.25) is 0 Å². The zero-order chi connectivity index (χ0) is 14.3. The molecule has 0 amide bonds. The standard InChI is InChI=1S/C16H12N2O2/c1-10(19)20-14-7-11-3-2-4-13-12(8-17)5-6-16(14,9-18)15(11)13/h2-6,12,14H,7H2,1H3/t12-,14-,16-/m0/s1. The van der Waals surface area contributed by atoms with E-state index in [2.05, 4.69) is 12.1 Å². The molecule has 0 unspecified atom stereocenters. The zero-order valence-corrected chi connectivity index (χ0v) is 11.0. The second-order valence-corrected chi connectivity index (χ2v) is 5.13. The van der Waals surface area contributed by atoms with Gasteiger partial charge in [-0.15, -0.1) is 0 Å². The molecule has 4 nitrogen and oxygen atoms in total. The molecule has 0 bridgehead atoms. The van der Waals surface area contributed by atoms with Crippen molar-refractivity contribution in [3.05, 3.63) is 47.0 Å². The zero-order valence-electron chi connectivity index (χ0n) is 11.0. The third-order valence-electron chi connectivity index (χ3n) is 4.03. The molecule has 0 spiro atoms. The van der Waals surface area contributed by atoms with E-state index in [-0.39, 0.29) is 5.92 Å². The second kappa shape index (κ2) is 4.21. The number of hydrogen-bond acceptors (Lipinski definition) is 4. The molecule has 0 saturated carbocycles. The molecule has 98 valence electrons. The van der Waals surface area contributed by atoms with Crippen molar-refractivity contribution in [3.8, 4) is 12.1 Å². The molecule has 1 aromatic rings. The van der Waals surface area contributed by atoms with Crippen LogP contribution in [0.4, 0.5) is 0 Å². The van der Waals surface area contributed by atoms with E-state index in [0.29, 0.717) is 6.42 Å². The lowest BCUT2D eigenvalue weighted by atomic mass is 9.72. The molecule has 0 heterocycles. The van der Waals surface area contributed by atoms with Gasteiger partial charge in [-0.25, -0.2) is 0 Å². The predicted octanol–water partition coefficient (Wildman–Crippen LogP) is 2.11. The van der Waals surface area contributed by atoms with Crippen LogP contribution in [0.5, 0.6) is 0 Å². The van der Waals surface area contributed by atoms with Crippen LogP contribution in [0, 0.1) is 22.7 Å². The van der Waals surface area contributed by atoms with Crippen LogP contribution in [0.3, 0.4) is 0 Å². The van der Waals surface area contributed by atoms with E-state index in [0.717, 1.165) is 16.7 Å². The van der Waals surface area contributed by atoms with Crippen LogP contribution in [-0.2, 0) is 21.4 Å². The van der Waals surface area contributed by atoms with Crippen LogP contribution >= 0.6 is 0 Å². The van der Waals surface area contributed by atoms with Gasteiger partial charge in [0.15, 0.2) is 0 Å². The number of esters is 1. The maximum absolute atomic E-state index is 11.3. The van der Waals surface area contributed by atoms with Gasteiger partial charge in [-0.3, -0.25) is 4.79 Å². The number of carbonyl (C=O) groups is 1. The highest BCUT2D eigenvalue weighted by molar-refractivity contribution is 5.68. The van der Waals surface area contributed by atoms with E-state index in [9.17, 15) is 15.3 Å². The normalized spacial score (nSPS) is 29.1. The Balaban J connectivity index is 2.22. The molecule has 1 aromatic carbocycles. The lowest BCUT2D eigenvalue weighted by Crippen LogP contribution is -2.38. The first-order valence-electron chi connectivity index (χ1n) is 6.42. The maximum Gasteiger partial charge on any atom is 0.302 e. The SMILES string of the molecule is CC(=O)O[C@H]1Cc2cccc3c2[C@]1(C#N)C=C[C@H]3C#N. The highest BCUT2D eigenvalue weighted by atomic mass is 16.5. The molecule has 0 radical (unpaired) electrons. The highest BCUT2D eigenvalue weighted by Crippen LogP contribution is 2.48. The van der Waals surface area contributed by atoms with Gasteiger partial charge >= 0.3 is 5.97 Å². The smallest absolute Gasteiger partial charge is 0.302 e. The maximum atomic E-state index is 11.3. The average Bonchev–Trinajstić information content (AvgIpc) is 2.75. The number of hydrogen-bond donors (Lipinski definition) is 0. The second-order valence-electron chi connectivity index (χ2n) is 5.13. The van der Waals surface area contributed by atoms with E-state index >= 15 is 0 Å². The summed E-state index contributed by atoms with van der Waals surface area (Å²) in [7, 11) is 0. The number of nitrogens with zero attached hydrogens (tertiary/aromatic N) is 2. The predicted molar refractivity (Wildman–Crippen MR) is 70.5 cm³/mol. The largest absolute Gasteiger partial charge is 0.460 e. The summed E-state index contributed by atoms with van der Waals surface area (Å²) in [4.78, 5) is 11.3. The Morgan fingerprint density at radius 2 is 2.25 bits per heavy atom.